The van der Waals surface area contributed by atoms with Gasteiger partial charge in [-0.15, -0.1) is 0 Å². The minimum Gasteiger partial charge on any atom is -0.377 e. The van der Waals surface area contributed by atoms with E-state index in [4.69, 9.17) is 13.3 Å². The van der Waals surface area contributed by atoms with Crippen LogP contribution in [-0.2, 0) is 13.3 Å². The Morgan fingerprint density at radius 2 is 1.09 bits per heavy atom. The zero-order valence-electron chi connectivity index (χ0n) is 15.8. The molecule has 6 heteroatoms. The summed E-state index contributed by atoms with van der Waals surface area (Å²) < 4.78 is 18.3. The molecule has 0 saturated carbocycles. The first-order valence-corrected chi connectivity index (χ1v) is 18.6. The molecular weight excluding hydrogens is 324 g/mol. The standard InChI is InChI=1S/C16H40O3Si3/c1-5-9-10-11-12-13-14-15-16-21(20)22(17-6-2,18-7-3)19-8-4/h21H,5-16H2,1-4,20H3. The molecule has 0 N–H and O–H groups in total. The maximum atomic E-state index is 6.09. The monoisotopic (exact) mass is 364 g/mol. The Bertz CT molecular complexity index is 226. The quantitative estimate of drug-likeness (QED) is 0.310. The van der Waals surface area contributed by atoms with Crippen molar-refractivity contribution in [2.45, 2.75) is 85.1 Å². The van der Waals surface area contributed by atoms with Crippen LogP contribution in [0.2, 0.25) is 6.04 Å². The largest absolute Gasteiger partial charge is 0.462 e. The second kappa shape index (κ2) is 15.1. The minimum absolute atomic E-state index is 0.732. The highest BCUT2D eigenvalue weighted by atomic mass is 29.6. The molecular formula is C16H40O3Si3. The van der Waals surface area contributed by atoms with E-state index in [0.717, 1.165) is 19.8 Å². The first-order valence-electron chi connectivity index (χ1n) is 9.58. The summed E-state index contributed by atoms with van der Waals surface area (Å²) >= 11 is 0. The molecule has 0 aromatic heterocycles. The zero-order chi connectivity index (χ0) is 16.7. The van der Waals surface area contributed by atoms with E-state index < -0.39 is 16.2 Å². The molecule has 0 aromatic carbocycles. The molecule has 0 rings (SSSR count). The first kappa shape index (κ1) is 22.5. The zero-order valence-corrected chi connectivity index (χ0v) is 19.9. The van der Waals surface area contributed by atoms with Gasteiger partial charge in [-0.05, 0) is 20.8 Å². The van der Waals surface area contributed by atoms with Gasteiger partial charge in [-0.1, -0.05) is 64.3 Å². The summed E-state index contributed by atoms with van der Waals surface area (Å²) in [5.74, 6) is 0. The summed E-state index contributed by atoms with van der Waals surface area (Å²) in [5.41, 5.74) is 0. The minimum atomic E-state index is -2.28. The fraction of sp³-hybridized carbons (Fsp3) is 1.00. The molecule has 0 radical (unpaired) electrons. The van der Waals surface area contributed by atoms with Crippen molar-refractivity contribution in [3.63, 3.8) is 0 Å². The third kappa shape index (κ3) is 9.62. The predicted molar refractivity (Wildman–Crippen MR) is 105 cm³/mol. The van der Waals surface area contributed by atoms with E-state index in [1.165, 1.54) is 67.2 Å². The van der Waals surface area contributed by atoms with Crippen LogP contribution in [0.5, 0.6) is 0 Å². The van der Waals surface area contributed by atoms with Crippen LogP contribution in [-0.4, -0.2) is 45.7 Å². The lowest BCUT2D eigenvalue weighted by Crippen LogP contribution is -2.60. The molecule has 0 aliphatic heterocycles. The van der Waals surface area contributed by atoms with Crippen LogP contribution >= 0.6 is 0 Å². The smallest absolute Gasteiger partial charge is 0.377 e. The molecule has 0 bridgehead atoms. The summed E-state index contributed by atoms with van der Waals surface area (Å²) in [6.45, 7) is 10.7. The number of rotatable bonds is 16. The van der Waals surface area contributed by atoms with Crippen molar-refractivity contribution in [3.8, 4) is 0 Å². The van der Waals surface area contributed by atoms with Gasteiger partial charge in [0.15, 0.2) is 0 Å². The Kier molecular flexibility index (Phi) is 15.4. The van der Waals surface area contributed by atoms with E-state index in [9.17, 15) is 0 Å². The Hall–Kier alpha value is 0.531. The highest BCUT2D eigenvalue weighted by Crippen LogP contribution is 2.18. The van der Waals surface area contributed by atoms with Crippen LogP contribution in [0.25, 0.3) is 0 Å². The number of hydrogen-bond donors (Lipinski definition) is 0. The van der Waals surface area contributed by atoms with Gasteiger partial charge in [0.2, 0.25) is 0 Å². The van der Waals surface area contributed by atoms with Gasteiger partial charge in [0, 0.05) is 29.6 Å². The lowest BCUT2D eigenvalue weighted by Gasteiger charge is -2.33. The summed E-state index contributed by atoms with van der Waals surface area (Å²) in [4.78, 5) is 0. The van der Waals surface area contributed by atoms with Crippen LogP contribution in [0.1, 0.15) is 79.1 Å². The van der Waals surface area contributed by atoms with Gasteiger partial charge in [0.1, 0.15) is 7.83 Å². The molecule has 1 unspecified atom stereocenters. The highest BCUT2D eigenvalue weighted by Gasteiger charge is 2.46. The second-order valence-corrected chi connectivity index (χ2v) is 23.2. The molecule has 1 atom stereocenters. The van der Waals surface area contributed by atoms with Crippen molar-refractivity contribution in [1.82, 2.24) is 0 Å². The van der Waals surface area contributed by atoms with E-state index in [1.807, 2.05) is 0 Å². The Morgan fingerprint density at radius 1 is 0.682 bits per heavy atom. The van der Waals surface area contributed by atoms with Crippen LogP contribution < -0.4 is 0 Å². The lowest BCUT2D eigenvalue weighted by atomic mass is 10.1. The van der Waals surface area contributed by atoms with Crippen molar-refractivity contribution in [2.24, 2.45) is 0 Å². The molecule has 0 aromatic rings. The molecule has 0 amide bonds. The maximum Gasteiger partial charge on any atom is 0.462 e. The summed E-state index contributed by atoms with van der Waals surface area (Å²) in [6.07, 6.45) is 11.1. The third-order valence-electron chi connectivity index (χ3n) is 4.13. The fourth-order valence-corrected chi connectivity index (χ4v) is 17.9. The van der Waals surface area contributed by atoms with E-state index in [0.29, 0.717) is 0 Å². The molecule has 3 nitrogen and oxygen atoms in total. The summed E-state index contributed by atoms with van der Waals surface area (Å²) in [7, 11) is -2.01. The SMILES string of the molecule is CCCCCCCCCC[SiH]([SiH3])[Si](OCC)(OCC)OCC. The van der Waals surface area contributed by atoms with Gasteiger partial charge in [0.05, 0.1) is 0 Å². The van der Waals surface area contributed by atoms with Crippen molar-refractivity contribution in [2.75, 3.05) is 19.8 Å². The van der Waals surface area contributed by atoms with Gasteiger partial charge in [-0.25, -0.2) is 0 Å². The summed E-state index contributed by atoms with van der Waals surface area (Å²) in [5, 5.41) is 0. The van der Waals surface area contributed by atoms with Crippen LogP contribution in [0.4, 0.5) is 0 Å². The fourth-order valence-electron chi connectivity index (χ4n) is 2.92. The van der Waals surface area contributed by atoms with Gasteiger partial charge in [-0.2, -0.15) is 0 Å². The summed E-state index contributed by atoms with van der Waals surface area (Å²) in [6, 6.07) is 1.35. The molecule has 22 heavy (non-hydrogen) atoms. The van der Waals surface area contributed by atoms with Crippen LogP contribution in [0.15, 0.2) is 0 Å². The molecule has 0 aliphatic rings. The first-order chi connectivity index (χ1) is 10.7. The third-order valence-corrected chi connectivity index (χ3v) is 22.8. The average Bonchev–Trinajstić information content (AvgIpc) is 2.50. The van der Waals surface area contributed by atoms with Crippen molar-refractivity contribution < 1.29 is 13.3 Å². The predicted octanol–water partition coefficient (Wildman–Crippen LogP) is 3.34. The molecule has 134 valence electrons. The lowest BCUT2D eigenvalue weighted by molar-refractivity contribution is 0.0923. The Labute approximate surface area is 144 Å². The van der Waals surface area contributed by atoms with E-state index >= 15 is 0 Å². The van der Waals surface area contributed by atoms with Crippen molar-refractivity contribution in [1.29, 1.82) is 0 Å². The topological polar surface area (TPSA) is 27.7 Å². The number of unbranched alkanes of at least 4 members (excludes halogenated alkanes) is 7. The second-order valence-electron chi connectivity index (χ2n) is 6.07. The molecule has 0 spiro atoms. The Balaban J connectivity index is 4.03. The van der Waals surface area contributed by atoms with Crippen LogP contribution in [0.3, 0.4) is 0 Å². The molecule has 0 fully saturated rings. The van der Waals surface area contributed by atoms with Gasteiger partial charge in [-0.3, -0.25) is 0 Å². The average molecular weight is 365 g/mol. The number of hydrogen-bond acceptors (Lipinski definition) is 3. The van der Waals surface area contributed by atoms with E-state index in [-0.39, 0.29) is 0 Å². The Morgan fingerprint density at radius 3 is 1.50 bits per heavy atom. The van der Waals surface area contributed by atoms with Gasteiger partial charge in [0.25, 0.3) is 0 Å². The van der Waals surface area contributed by atoms with E-state index in [1.54, 1.807) is 0 Å². The molecule has 0 heterocycles. The maximum absolute atomic E-state index is 6.09. The van der Waals surface area contributed by atoms with Crippen LogP contribution in [0, 0.1) is 0 Å². The highest BCUT2D eigenvalue weighted by molar-refractivity contribution is 7.43. The molecule has 0 saturated heterocycles. The van der Waals surface area contributed by atoms with Crippen molar-refractivity contribution >= 4 is 25.9 Å². The van der Waals surface area contributed by atoms with Gasteiger partial charge < -0.3 is 13.3 Å². The van der Waals surface area contributed by atoms with E-state index in [2.05, 4.69) is 27.7 Å². The molecule has 0 aliphatic carbocycles. The normalized spacial score (nSPS) is 13.6. The van der Waals surface area contributed by atoms with Gasteiger partial charge >= 0.3 is 8.32 Å². The van der Waals surface area contributed by atoms with Crippen molar-refractivity contribution in [3.05, 3.63) is 0 Å².